The second-order valence-corrected chi connectivity index (χ2v) is 8.13. The number of benzene rings is 3. The lowest BCUT2D eigenvalue weighted by Gasteiger charge is -2.21. The number of anilines is 1. The molecule has 8 heteroatoms. The highest BCUT2D eigenvalue weighted by atomic mass is 19.4. The van der Waals surface area contributed by atoms with Crippen molar-refractivity contribution in [3.63, 3.8) is 0 Å². The molecule has 0 aliphatic carbocycles. The van der Waals surface area contributed by atoms with E-state index in [4.69, 9.17) is 0 Å². The highest BCUT2D eigenvalue weighted by Crippen LogP contribution is 2.31. The van der Waals surface area contributed by atoms with Crippen LogP contribution in [0.15, 0.2) is 60.7 Å². The van der Waals surface area contributed by atoms with Crippen molar-refractivity contribution in [1.29, 1.82) is 0 Å². The van der Waals surface area contributed by atoms with Gasteiger partial charge in [0.2, 0.25) is 0 Å². The van der Waals surface area contributed by atoms with E-state index in [0.717, 1.165) is 22.9 Å². The van der Waals surface area contributed by atoms with Crippen LogP contribution in [0.3, 0.4) is 0 Å². The number of hydrogen-bond donors (Lipinski definition) is 3. The number of alkyl halides is 3. The molecule has 0 aromatic heterocycles. The topological polar surface area (TPSA) is 78.4 Å². The number of rotatable bonds is 7. The SMILES string of the molecule is CC(C)(CNC(=O)c1ccc2ccccc2c1NCc1ccc(C(F)(F)F)cc1)C(=O)O. The Hall–Kier alpha value is -3.55. The van der Waals surface area contributed by atoms with Crippen LogP contribution in [-0.4, -0.2) is 23.5 Å². The van der Waals surface area contributed by atoms with Crippen molar-refractivity contribution < 1.29 is 27.9 Å². The molecule has 0 fully saturated rings. The fourth-order valence-electron chi connectivity index (χ4n) is 3.13. The zero-order valence-corrected chi connectivity index (χ0v) is 17.6. The van der Waals surface area contributed by atoms with Crippen LogP contribution >= 0.6 is 0 Å². The van der Waals surface area contributed by atoms with Crippen LogP contribution < -0.4 is 10.6 Å². The second kappa shape index (κ2) is 8.90. The first-order chi connectivity index (χ1) is 15.0. The third-order valence-electron chi connectivity index (χ3n) is 5.19. The summed E-state index contributed by atoms with van der Waals surface area (Å²) >= 11 is 0. The molecule has 0 unspecified atom stereocenters. The van der Waals surface area contributed by atoms with Crippen LogP contribution in [-0.2, 0) is 17.5 Å². The van der Waals surface area contributed by atoms with Gasteiger partial charge in [0.05, 0.1) is 22.2 Å². The van der Waals surface area contributed by atoms with E-state index < -0.39 is 29.0 Å². The molecule has 0 aliphatic heterocycles. The Morgan fingerprint density at radius 3 is 2.22 bits per heavy atom. The highest BCUT2D eigenvalue weighted by molar-refractivity contribution is 6.08. The maximum atomic E-state index is 12.9. The summed E-state index contributed by atoms with van der Waals surface area (Å²) in [5.74, 6) is -1.48. The van der Waals surface area contributed by atoms with Crippen molar-refractivity contribution in [2.45, 2.75) is 26.6 Å². The predicted octanol–water partition coefficient (Wildman–Crippen LogP) is 5.31. The van der Waals surface area contributed by atoms with Crippen LogP contribution in [0.2, 0.25) is 0 Å². The van der Waals surface area contributed by atoms with Gasteiger partial charge in [0.15, 0.2) is 0 Å². The van der Waals surface area contributed by atoms with Gasteiger partial charge < -0.3 is 15.7 Å². The number of carboxylic acid groups (broad SMARTS) is 1. The smallest absolute Gasteiger partial charge is 0.416 e. The van der Waals surface area contributed by atoms with E-state index in [1.54, 1.807) is 12.1 Å². The first-order valence-corrected chi connectivity index (χ1v) is 9.92. The summed E-state index contributed by atoms with van der Waals surface area (Å²) in [4.78, 5) is 24.2. The van der Waals surface area contributed by atoms with Gasteiger partial charge in [0.25, 0.3) is 5.91 Å². The first-order valence-electron chi connectivity index (χ1n) is 9.92. The monoisotopic (exact) mass is 444 g/mol. The van der Waals surface area contributed by atoms with E-state index in [1.807, 2.05) is 24.3 Å². The number of carbonyl (C=O) groups is 2. The standard InChI is InChI=1S/C24H23F3N2O3/c1-23(2,22(31)32)14-29-21(30)19-12-9-16-5-3-4-6-18(16)20(19)28-13-15-7-10-17(11-8-15)24(25,26)27/h3-12,28H,13-14H2,1-2H3,(H,29,30)(H,31,32). The maximum absolute atomic E-state index is 12.9. The Labute approximate surface area is 183 Å². The van der Waals surface area contributed by atoms with E-state index in [0.29, 0.717) is 16.8 Å². The molecular weight excluding hydrogens is 421 g/mol. The van der Waals surface area contributed by atoms with E-state index in [2.05, 4.69) is 10.6 Å². The summed E-state index contributed by atoms with van der Waals surface area (Å²) in [6.45, 7) is 3.17. The number of hydrogen-bond acceptors (Lipinski definition) is 3. The van der Waals surface area contributed by atoms with Crippen LogP contribution in [0.25, 0.3) is 10.8 Å². The molecule has 0 atom stereocenters. The second-order valence-electron chi connectivity index (χ2n) is 8.13. The molecule has 3 N–H and O–H groups in total. The maximum Gasteiger partial charge on any atom is 0.416 e. The van der Waals surface area contributed by atoms with Crippen molar-refractivity contribution >= 4 is 28.3 Å². The molecule has 0 radical (unpaired) electrons. The van der Waals surface area contributed by atoms with Gasteiger partial charge in [-0.3, -0.25) is 9.59 Å². The zero-order chi connectivity index (χ0) is 23.5. The molecule has 5 nitrogen and oxygen atoms in total. The van der Waals surface area contributed by atoms with Gasteiger partial charge in [0.1, 0.15) is 0 Å². The normalized spacial score (nSPS) is 11.9. The lowest BCUT2D eigenvalue weighted by molar-refractivity contribution is -0.146. The quantitative estimate of drug-likeness (QED) is 0.461. The summed E-state index contributed by atoms with van der Waals surface area (Å²) in [7, 11) is 0. The lowest BCUT2D eigenvalue weighted by Crippen LogP contribution is -2.39. The van der Waals surface area contributed by atoms with Crippen molar-refractivity contribution in [2.75, 3.05) is 11.9 Å². The summed E-state index contributed by atoms with van der Waals surface area (Å²) in [5.41, 5.74) is -0.414. The Balaban J connectivity index is 1.87. The molecule has 0 spiro atoms. The number of aliphatic carboxylic acids is 1. The molecule has 168 valence electrons. The predicted molar refractivity (Wildman–Crippen MR) is 116 cm³/mol. The third-order valence-corrected chi connectivity index (χ3v) is 5.19. The van der Waals surface area contributed by atoms with Crippen LogP contribution in [0, 0.1) is 5.41 Å². The average Bonchev–Trinajstić information content (AvgIpc) is 2.75. The molecular formula is C24H23F3N2O3. The molecule has 0 heterocycles. The number of nitrogens with one attached hydrogen (secondary N) is 2. The fraction of sp³-hybridized carbons (Fsp3) is 0.250. The third kappa shape index (κ3) is 5.19. The van der Waals surface area contributed by atoms with Crippen LogP contribution in [0.4, 0.5) is 18.9 Å². The summed E-state index contributed by atoms with van der Waals surface area (Å²) < 4.78 is 38.4. The van der Waals surface area contributed by atoms with E-state index in [-0.39, 0.29) is 13.1 Å². The minimum Gasteiger partial charge on any atom is -0.481 e. The van der Waals surface area contributed by atoms with Gasteiger partial charge in [0, 0.05) is 18.5 Å². The van der Waals surface area contributed by atoms with Gasteiger partial charge >= 0.3 is 12.1 Å². The van der Waals surface area contributed by atoms with Crippen LogP contribution in [0.1, 0.15) is 35.3 Å². The Kier molecular flexibility index (Phi) is 6.43. The number of carbonyl (C=O) groups excluding carboxylic acids is 1. The molecule has 0 saturated carbocycles. The summed E-state index contributed by atoms with van der Waals surface area (Å²) in [5, 5.41) is 16.8. The number of carboxylic acids is 1. The molecule has 3 aromatic rings. The number of halogens is 3. The number of amides is 1. The van der Waals surface area contributed by atoms with Gasteiger partial charge in [-0.25, -0.2) is 0 Å². The molecule has 0 bridgehead atoms. The van der Waals surface area contributed by atoms with E-state index in [1.165, 1.54) is 26.0 Å². The molecule has 0 aliphatic rings. The molecule has 32 heavy (non-hydrogen) atoms. The van der Waals surface area contributed by atoms with E-state index >= 15 is 0 Å². The average molecular weight is 444 g/mol. The van der Waals surface area contributed by atoms with Gasteiger partial charge in [-0.15, -0.1) is 0 Å². The van der Waals surface area contributed by atoms with Crippen LogP contribution in [0.5, 0.6) is 0 Å². The van der Waals surface area contributed by atoms with Crippen molar-refractivity contribution in [3.05, 3.63) is 77.4 Å². The minimum atomic E-state index is -4.41. The minimum absolute atomic E-state index is 0.0632. The van der Waals surface area contributed by atoms with Gasteiger partial charge in [-0.1, -0.05) is 42.5 Å². The molecule has 0 saturated heterocycles. The Morgan fingerprint density at radius 1 is 0.938 bits per heavy atom. The Bertz CT molecular complexity index is 1140. The molecule has 1 amide bonds. The highest BCUT2D eigenvalue weighted by Gasteiger charge is 2.30. The van der Waals surface area contributed by atoms with Gasteiger partial charge in [-0.05, 0) is 43.0 Å². The first kappa shape index (κ1) is 23.1. The summed E-state index contributed by atoms with van der Waals surface area (Å²) in [6, 6.07) is 15.6. The van der Waals surface area contributed by atoms with Crippen molar-refractivity contribution in [2.24, 2.45) is 5.41 Å². The Morgan fingerprint density at radius 2 is 1.59 bits per heavy atom. The molecule has 3 aromatic carbocycles. The van der Waals surface area contributed by atoms with Gasteiger partial charge in [-0.2, -0.15) is 13.2 Å². The lowest BCUT2D eigenvalue weighted by atomic mass is 9.93. The molecule has 3 rings (SSSR count). The van der Waals surface area contributed by atoms with Crippen molar-refractivity contribution in [1.82, 2.24) is 5.32 Å². The fourth-order valence-corrected chi connectivity index (χ4v) is 3.13. The zero-order valence-electron chi connectivity index (χ0n) is 17.6. The van der Waals surface area contributed by atoms with Crippen molar-refractivity contribution in [3.8, 4) is 0 Å². The number of fused-ring (bicyclic) bond motifs is 1. The summed E-state index contributed by atoms with van der Waals surface area (Å²) in [6.07, 6.45) is -4.41. The van der Waals surface area contributed by atoms with E-state index in [9.17, 15) is 27.9 Å². The largest absolute Gasteiger partial charge is 0.481 e.